The predicted octanol–water partition coefficient (Wildman–Crippen LogP) is 3.38. The number of hydrogen-bond acceptors (Lipinski definition) is 4. The summed E-state index contributed by atoms with van der Waals surface area (Å²) in [4.78, 5) is 12.2. The van der Waals surface area contributed by atoms with Crippen LogP contribution in [0.1, 0.15) is 37.6 Å². The van der Waals surface area contributed by atoms with Crippen molar-refractivity contribution in [3.63, 3.8) is 0 Å². The third kappa shape index (κ3) is 4.24. The van der Waals surface area contributed by atoms with Crippen LogP contribution in [0.3, 0.4) is 0 Å². The quantitative estimate of drug-likeness (QED) is 0.760. The summed E-state index contributed by atoms with van der Waals surface area (Å²) in [5.41, 5.74) is 1.19. The fraction of sp³-hybridized carbons (Fsp3) is 0.471. The second-order valence-electron chi connectivity index (χ2n) is 5.28. The molecule has 1 aromatic heterocycles. The van der Waals surface area contributed by atoms with Crippen LogP contribution in [0.25, 0.3) is 11.0 Å². The molecule has 22 heavy (non-hydrogen) atoms. The smallest absolute Gasteiger partial charge is 0.251 e. The fourth-order valence-corrected chi connectivity index (χ4v) is 2.14. The maximum atomic E-state index is 12.2. The number of rotatable bonds is 8. The lowest BCUT2D eigenvalue weighted by Gasteiger charge is -2.12. The lowest BCUT2D eigenvalue weighted by Crippen LogP contribution is -2.25. The molecule has 120 valence electrons. The van der Waals surface area contributed by atoms with Gasteiger partial charge in [0.2, 0.25) is 0 Å². The number of benzene rings is 1. The van der Waals surface area contributed by atoms with Gasteiger partial charge in [-0.2, -0.15) is 0 Å². The zero-order chi connectivity index (χ0) is 15.9. The Morgan fingerprint density at radius 2 is 2.18 bits per heavy atom. The van der Waals surface area contributed by atoms with Gasteiger partial charge < -0.3 is 19.2 Å². The third-order valence-corrected chi connectivity index (χ3v) is 3.11. The van der Waals surface area contributed by atoms with Crippen molar-refractivity contribution in [2.75, 3.05) is 19.8 Å². The van der Waals surface area contributed by atoms with Gasteiger partial charge in [0.05, 0.1) is 17.8 Å². The molecule has 0 bridgehead atoms. The summed E-state index contributed by atoms with van der Waals surface area (Å²) in [5.74, 6) is 0.532. The molecule has 0 atom stereocenters. The number of amides is 1. The number of furan rings is 1. The first-order valence-electron chi connectivity index (χ1n) is 7.65. The largest absolute Gasteiger partial charge is 0.490 e. The molecule has 0 saturated carbocycles. The van der Waals surface area contributed by atoms with Crippen LogP contribution in [0.5, 0.6) is 5.75 Å². The normalized spacial score (nSPS) is 11.1. The van der Waals surface area contributed by atoms with E-state index in [-0.39, 0.29) is 12.0 Å². The van der Waals surface area contributed by atoms with Crippen molar-refractivity contribution < 1.29 is 18.7 Å². The van der Waals surface area contributed by atoms with Crippen molar-refractivity contribution >= 4 is 16.9 Å². The summed E-state index contributed by atoms with van der Waals surface area (Å²) in [6, 6.07) is 5.34. The van der Waals surface area contributed by atoms with Gasteiger partial charge in [0.25, 0.3) is 5.91 Å². The highest BCUT2D eigenvalue weighted by Gasteiger charge is 2.13. The maximum absolute atomic E-state index is 12.2. The number of carbonyl (C=O) groups excluding carboxylic acids is 1. The van der Waals surface area contributed by atoms with Crippen LogP contribution in [0, 0.1) is 0 Å². The maximum Gasteiger partial charge on any atom is 0.251 e. The first-order valence-corrected chi connectivity index (χ1v) is 7.65. The van der Waals surface area contributed by atoms with Gasteiger partial charge in [0.15, 0.2) is 0 Å². The first kappa shape index (κ1) is 16.4. The monoisotopic (exact) mass is 305 g/mol. The van der Waals surface area contributed by atoms with E-state index in [4.69, 9.17) is 13.9 Å². The van der Waals surface area contributed by atoms with E-state index in [1.807, 2.05) is 26.8 Å². The van der Waals surface area contributed by atoms with Crippen molar-refractivity contribution in [2.45, 2.75) is 33.3 Å². The van der Waals surface area contributed by atoms with Crippen molar-refractivity contribution in [1.29, 1.82) is 0 Å². The molecule has 0 spiro atoms. The van der Waals surface area contributed by atoms with E-state index in [0.29, 0.717) is 36.7 Å². The summed E-state index contributed by atoms with van der Waals surface area (Å²) in [7, 11) is 0. The fourth-order valence-electron chi connectivity index (χ4n) is 2.14. The Labute approximate surface area is 130 Å². The molecule has 0 fully saturated rings. The minimum Gasteiger partial charge on any atom is -0.490 e. The Hall–Kier alpha value is -2.01. The van der Waals surface area contributed by atoms with Crippen LogP contribution in [0.2, 0.25) is 0 Å². The molecule has 0 aliphatic carbocycles. The standard InChI is InChI=1S/C17H23NO4/c1-4-20-8-5-7-18-17(19)13-10-15-14(6-9-21-15)16(11-13)22-12(2)3/h6,9-12H,4-5,7-8H2,1-3H3,(H,18,19). The summed E-state index contributed by atoms with van der Waals surface area (Å²) < 4.78 is 16.4. The van der Waals surface area contributed by atoms with Crippen molar-refractivity contribution in [2.24, 2.45) is 0 Å². The van der Waals surface area contributed by atoms with Crippen molar-refractivity contribution in [1.82, 2.24) is 5.32 Å². The molecule has 1 N–H and O–H groups in total. The van der Waals surface area contributed by atoms with Crippen LogP contribution in [-0.4, -0.2) is 31.8 Å². The average Bonchev–Trinajstić information content (AvgIpc) is 2.95. The molecule has 0 saturated heterocycles. The van der Waals surface area contributed by atoms with Gasteiger partial charge in [-0.3, -0.25) is 4.79 Å². The van der Waals surface area contributed by atoms with Gasteiger partial charge in [-0.1, -0.05) is 0 Å². The van der Waals surface area contributed by atoms with E-state index in [1.54, 1.807) is 18.4 Å². The van der Waals surface area contributed by atoms with E-state index >= 15 is 0 Å². The van der Waals surface area contributed by atoms with Gasteiger partial charge in [0.1, 0.15) is 11.3 Å². The molecule has 0 unspecified atom stereocenters. The number of ether oxygens (including phenoxy) is 2. The minimum atomic E-state index is -0.136. The van der Waals surface area contributed by atoms with E-state index in [1.165, 1.54) is 0 Å². The van der Waals surface area contributed by atoms with Gasteiger partial charge in [-0.25, -0.2) is 0 Å². The topological polar surface area (TPSA) is 60.7 Å². The molecule has 5 heteroatoms. The van der Waals surface area contributed by atoms with E-state index in [2.05, 4.69) is 5.32 Å². The second kappa shape index (κ2) is 7.84. The highest BCUT2D eigenvalue weighted by atomic mass is 16.5. The van der Waals surface area contributed by atoms with Crippen LogP contribution < -0.4 is 10.1 Å². The summed E-state index contributed by atoms with van der Waals surface area (Å²) in [6.45, 7) is 7.77. The van der Waals surface area contributed by atoms with Crippen LogP contribution in [-0.2, 0) is 4.74 Å². The highest BCUT2D eigenvalue weighted by molar-refractivity contribution is 5.99. The Balaban J connectivity index is 2.08. The summed E-state index contributed by atoms with van der Waals surface area (Å²) in [5, 5.41) is 3.76. The molecule has 2 aromatic rings. The van der Waals surface area contributed by atoms with E-state index in [9.17, 15) is 4.79 Å². The Kier molecular flexibility index (Phi) is 5.83. The molecule has 5 nitrogen and oxygen atoms in total. The lowest BCUT2D eigenvalue weighted by molar-refractivity contribution is 0.0943. The van der Waals surface area contributed by atoms with E-state index in [0.717, 1.165) is 11.8 Å². The molecule has 0 aliphatic heterocycles. The van der Waals surface area contributed by atoms with Crippen molar-refractivity contribution in [3.8, 4) is 5.75 Å². The Morgan fingerprint density at radius 1 is 1.36 bits per heavy atom. The van der Waals surface area contributed by atoms with Gasteiger partial charge >= 0.3 is 0 Å². The lowest BCUT2D eigenvalue weighted by atomic mass is 10.1. The van der Waals surface area contributed by atoms with Crippen LogP contribution >= 0.6 is 0 Å². The van der Waals surface area contributed by atoms with Gasteiger partial charge in [-0.05, 0) is 45.4 Å². The molecular weight excluding hydrogens is 282 g/mol. The second-order valence-corrected chi connectivity index (χ2v) is 5.28. The average molecular weight is 305 g/mol. The first-order chi connectivity index (χ1) is 10.6. The highest BCUT2D eigenvalue weighted by Crippen LogP contribution is 2.29. The predicted molar refractivity (Wildman–Crippen MR) is 85.4 cm³/mol. The molecule has 1 amide bonds. The molecule has 0 aliphatic rings. The van der Waals surface area contributed by atoms with Crippen LogP contribution in [0.15, 0.2) is 28.9 Å². The summed E-state index contributed by atoms with van der Waals surface area (Å²) in [6.07, 6.45) is 2.42. The number of fused-ring (bicyclic) bond motifs is 1. The molecule has 1 heterocycles. The molecule has 0 radical (unpaired) electrons. The Bertz CT molecular complexity index is 618. The summed E-state index contributed by atoms with van der Waals surface area (Å²) >= 11 is 0. The van der Waals surface area contributed by atoms with E-state index < -0.39 is 0 Å². The van der Waals surface area contributed by atoms with Gasteiger partial charge in [-0.15, -0.1) is 0 Å². The zero-order valence-corrected chi connectivity index (χ0v) is 13.3. The molecule has 2 rings (SSSR count). The molecule has 1 aromatic carbocycles. The van der Waals surface area contributed by atoms with Gasteiger partial charge in [0, 0.05) is 25.3 Å². The zero-order valence-electron chi connectivity index (χ0n) is 13.3. The third-order valence-electron chi connectivity index (χ3n) is 3.11. The number of carbonyl (C=O) groups is 1. The van der Waals surface area contributed by atoms with Crippen molar-refractivity contribution in [3.05, 3.63) is 30.0 Å². The minimum absolute atomic E-state index is 0.0302. The SMILES string of the molecule is CCOCCCNC(=O)c1cc(OC(C)C)c2ccoc2c1. The Morgan fingerprint density at radius 3 is 2.91 bits per heavy atom. The molecular formula is C17H23NO4. The number of nitrogens with one attached hydrogen (secondary N) is 1. The number of hydrogen-bond donors (Lipinski definition) is 1. The van der Waals surface area contributed by atoms with Crippen LogP contribution in [0.4, 0.5) is 0 Å².